The molecular weight excluding hydrogens is 430 g/mol. The molecule has 174 valence electrons. The molecule has 0 N–H and O–H groups in total. The Morgan fingerprint density at radius 3 is 2.41 bits per heavy atom. The predicted octanol–water partition coefficient (Wildman–Crippen LogP) is 4.53. The number of carbonyl (C=O) groups is 1. The molecule has 0 saturated heterocycles. The topological polar surface area (TPSA) is 77.7 Å². The minimum Gasteiger partial charge on any atom is -0.497 e. The highest BCUT2D eigenvalue weighted by molar-refractivity contribution is 5.77. The summed E-state index contributed by atoms with van der Waals surface area (Å²) in [6.07, 6.45) is 0.439. The van der Waals surface area contributed by atoms with Crippen LogP contribution < -0.4 is 4.74 Å². The van der Waals surface area contributed by atoms with Gasteiger partial charge in [-0.25, -0.2) is 0 Å². The molecule has 0 spiro atoms. The van der Waals surface area contributed by atoms with Crippen LogP contribution in [0.3, 0.4) is 0 Å². The first kappa shape index (κ1) is 23.2. The molecule has 0 bridgehead atoms. The summed E-state index contributed by atoms with van der Waals surface area (Å²) in [5.74, 6) is 1.58. The number of amides is 1. The van der Waals surface area contributed by atoms with Crippen LogP contribution >= 0.6 is 0 Å². The lowest BCUT2D eigenvalue weighted by atomic mass is 10.2. The Bertz CT molecular complexity index is 1180. The van der Waals surface area contributed by atoms with Gasteiger partial charge in [-0.05, 0) is 23.3 Å². The number of rotatable bonds is 11. The number of nitrogens with zero attached hydrogens (tertiary/aromatic N) is 3. The van der Waals surface area contributed by atoms with Crippen LogP contribution in [0.5, 0.6) is 5.75 Å². The van der Waals surface area contributed by atoms with Crippen molar-refractivity contribution in [2.75, 3.05) is 20.3 Å². The van der Waals surface area contributed by atoms with Crippen LogP contribution in [-0.4, -0.2) is 41.2 Å². The third kappa shape index (κ3) is 6.52. The molecule has 0 saturated carbocycles. The quantitative estimate of drug-likeness (QED) is 0.329. The van der Waals surface area contributed by atoms with Crippen molar-refractivity contribution >= 4 is 5.91 Å². The van der Waals surface area contributed by atoms with E-state index in [1.165, 1.54) is 0 Å². The van der Waals surface area contributed by atoms with E-state index in [1.54, 1.807) is 12.0 Å². The van der Waals surface area contributed by atoms with Crippen molar-refractivity contribution in [3.63, 3.8) is 0 Å². The predicted molar refractivity (Wildman–Crippen MR) is 128 cm³/mol. The van der Waals surface area contributed by atoms with Crippen molar-refractivity contribution in [3.8, 4) is 17.1 Å². The summed E-state index contributed by atoms with van der Waals surface area (Å²) in [5.41, 5.74) is 2.88. The van der Waals surface area contributed by atoms with Gasteiger partial charge in [-0.3, -0.25) is 4.79 Å². The van der Waals surface area contributed by atoms with Gasteiger partial charge in [-0.15, -0.1) is 0 Å². The fourth-order valence-electron chi connectivity index (χ4n) is 3.48. The Hall–Kier alpha value is -3.97. The van der Waals surface area contributed by atoms with Gasteiger partial charge in [0.1, 0.15) is 12.4 Å². The molecule has 4 aromatic rings. The molecule has 7 heteroatoms. The maximum atomic E-state index is 13.0. The first-order valence-electron chi connectivity index (χ1n) is 11.1. The summed E-state index contributed by atoms with van der Waals surface area (Å²) >= 11 is 0. The highest BCUT2D eigenvalue weighted by atomic mass is 16.5. The Labute approximate surface area is 198 Å². The Balaban J connectivity index is 1.39. The number of aromatic nitrogens is 2. The molecule has 1 heterocycles. The van der Waals surface area contributed by atoms with Crippen molar-refractivity contribution in [3.05, 3.63) is 102 Å². The monoisotopic (exact) mass is 457 g/mol. The minimum absolute atomic E-state index is 0.000616. The molecule has 0 fully saturated rings. The van der Waals surface area contributed by atoms with Gasteiger partial charge in [0.25, 0.3) is 0 Å². The van der Waals surface area contributed by atoms with E-state index in [0.29, 0.717) is 37.8 Å². The molecule has 0 aliphatic heterocycles. The second-order valence-electron chi connectivity index (χ2n) is 7.77. The van der Waals surface area contributed by atoms with E-state index in [4.69, 9.17) is 14.0 Å². The van der Waals surface area contributed by atoms with Crippen molar-refractivity contribution < 1.29 is 18.8 Å². The molecular formula is C27H27N3O4. The van der Waals surface area contributed by atoms with E-state index >= 15 is 0 Å². The third-order valence-corrected chi connectivity index (χ3v) is 5.30. The number of ether oxygens (including phenoxy) is 2. The van der Waals surface area contributed by atoms with Crippen molar-refractivity contribution in [2.24, 2.45) is 0 Å². The molecule has 1 aromatic heterocycles. The molecule has 0 aliphatic carbocycles. The summed E-state index contributed by atoms with van der Waals surface area (Å²) in [6.45, 7) is 1.30. The Kier molecular flexibility index (Phi) is 8.03. The number of methoxy groups -OCH3 is 1. The van der Waals surface area contributed by atoms with Gasteiger partial charge in [-0.1, -0.05) is 78.0 Å². The highest BCUT2D eigenvalue weighted by Crippen LogP contribution is 2.21. The summed E-state index contributed by atoms with van der Waals surface area (Å²) in [5, 5.41) is 4.08. The van der Waals surface area contributed by atoms with Gasteiger partial charge in [0.05, 0.1) is 13.7 Å². The molecule has 3 aromatic carbocycles. The van der Waals surface area contributed by atoms with Crippen LogP contribution in [0.25, 0.3) is 11.4 Å². The molecule has 1 amide bonds. The van der Waals surface area contributed by atoms with E-state index in [0.717, 1.165) is 22.4 Å². The lowest BCUT2D eigenvalue weighted by Crippen LogP contribution is -2.35. The lowest BCUT2D eigenvalue weighted by molar-refractivity contribution is -0.137. The van der Waals surface area contributed by atoms with Crippen LogP contribution in [-0.2, 0) is 29.1 Å². The zero-order chi connectivity index (χ0) is 23.6. The molecule has 0 radical (unpaired) electrons. The third-order valence-electron chi connectivity index (χ3n) is 5.30. The average molecular weight is 458 g/mol. The van der Waals surface area contributed by atoms with Gasteiger partial charge in [0.15, 0.2) is 0 Å². The van der Waals surface area contributed by atoms with Crippen molar-refractivity contribution in [2.45, 2.75) is 19.6 Å². The van der Waals surface area contributed by atoms with Gasteiger partial charge in [0.2, 0.25) is 17.6 Å². The zero-order valence-electron chi connectivity index (χ0n) is 19.1. The van der Waals surface area contributed by atoms with Crippen LogP contribution in [0, 0.1) is 0 Å². The van der Waals surface area contributed by atoms with Crippen LogP contribution in [0.1, 0.15) is 17.0 Å². The Morgan fingerprint density at radius 2 is 1.68 bits per heavy atom. The molecule has 34 heavy (non-hydrogen) atoms. The van der Waals surface area contributed by atoms with Gasteiger partial charge in [0, 0.05) is 25.1 Å². The molecule has 0 unspecified atom stereocenters. The van der Waals surface area contributed by atoms with E-state index in [1.807, 2.05) is 84.9 Å². The van der Waals surface area contributed by atoms with Crippen molar-refractivity contribution in [1.82, 2.24) is 15.0 Å². The second-order valence-corrected chi connectivity index (χ2v) is 7.77. The molecule has 0 atom stereocenters. The number of hydrogen-bond acceptors (Lipinski definition) is 6. The smallest absolute Gasteiger partial charge is 0.248 e. The fourth-order valence-corrected chi connectivity index (χ4v) is 3.48. The van der Waals surface area contributed by atoms with Gasteiger partial charge >= 0.3 is 0 Å². The Morgan fingerprint density at radius 1 is 0.941 bits per heavy atom. The van der Waals surface area contributed by atoms with E-state index in [2.05, 4.69) is 10.1 Å². The maximum Gasteiger partial charge on any atom is 0.248 e. The summed E-state index contributed by atoms with van der Waals surface area (Å²) in [4.78, 5) is 19.2. The van der Waals surface area contributed by atoms with E-state index in [9.17, 15) is 4.79 Å². The summed E-state index contributed by atoms with van der Waals surface area (Å²) in [7, 11) is 1.61. The van der Waals surface area contributed by atoms with Crippen molar-refractivity contribution in [1.29, 1.82) is 0 Å². The van der Waals surface area contributed by atoms with Crippen LogP contribution in [0.2, 0.25) is 0 Å². The standard InChI is InChI=1S/C27H27N3O4/c1-32-24-14-8-13-23(17-24)27-28-25(34-29-27)15-16-30(18-21-9-4-2-5-10-21)26(31)20-33-19-22-11-6-3-7-12-22/h2-14,17H,15-16,18-20H2,1H3. The number of carbonyl (C=O) groups excluding carboxylic acids is 1. The summed E-state index contributed by atoms with van der Waals surface area (Å²) < 4.78 is 16.4. The first-order valence-corrected chi connectivity index (χ1v) is 11.1. The second kappa shape index (κ2) is 11.8. The minimum atomic E-state index is -0.0904. The summed E-state index contributed by atoms with van der Waals surface area (Å²) in [6, 6.07) is 27.2. The van der Waals surface area contributed by atoms with Crippen LogP contribution in [0.4, 0.5) is 0 Å². The maximum absolute atomic E-state index is 13.0. The molecule has 4 rings (SSSR count). The lowest BCUT2D eigenvalue weighted by Gasteiger charge is -2.22. The molecule has 0 aliphatic rings. The highest BCUT2D eigenvalue weighted by Gasteiger charge is 2.17. The molecule has 7 nitrogen and oxygen atoms in total. The van der Waals surface area contributed by atoms with Gasteiger partial charge < -0.3 is 18.9 Å². The number of benzene rings is 3. The van der Waals surface area contributed by atoms with Crippen LogP contribution in [0.15, 0.2) is 89.5 Å². The first-order chi connectivity index (χ1) is 16.7. The van der Waals surface area contributed by atoms with E-state index in [-0.39, 0.29) is 12.5 Å². The normalized spacial score (nSPS) is 10.7. The fraction of sp³-hybridized carbons (Fsp3) is 0.222. The average Bonchev–Trinajstić information content (AvgIpc) is 3.37. The SMILES string of the molecule is COc1cccc(-c2noc(CCN(Cc3ccccc3)C(=O)COCc3ccccc3)n2)c1. The number of hydrogen-bond donors (Lipinski definition) is 0. The largest absolute Gasteiger partial charge is 0.497 e. The zero-order valence-corrected chi connectivity index (χ0v) is 19.1. The van der Waals surface area contributed by atoms with Gasteiger partial charge in [-0.2, -0.15) is 4.98 Å². The van der Waals surface area contributed by atoms with E-state index < -0.39 is 0 Å².